The lowest BCUT2D eigenvalue weighted by Crippen LogP contribution is -2.12. The smallest absolute Gasteiger partial charge is 0.341 e. The fourth-order valence-corrected chi connectivity index (χ4v) is 3.60. The van der Waals surface area contributed by atoms with Gasteiger partial charge in [0.2, 0.25) is 0 Å². The minimum Gasteiger partial charge on any atom is -0.484 e. The minimum atomic E-state index is -1.02. The molecular formula is C27H29NO5. The predicted molar refractivity (Wildman–Crippen MR) is 127 cm³/mol. The maximum Gasteiger partial charge on any atom is 0.341 e. The molecule has 0 aliphatic rings. The number of carboxylic acid groups (broad SMARTS) is 1. The third-order valence-corrected chi connectivity index (χ3v) is 5.34. The number of unbranched alkanes of at least 4 members (excludes halogenated alkanes) is 1. The van der Waals surface area contributed by atoms with Gasteiger partial charge in [0.05, 0.1) is 5.69 Å². The fraction of sp³-hybridized carbons (Fsp3) is 0.296. The summed E-state index contributed by atoms with van der Waals surface area (Å²) in [5.74, 6) is 0.190. The number of ketones is 1. The highest BCUT2D eigenvalue weighted by atomic mass is 16.5. The van der Waals surface area contributed by atoms with Crippen LogP contribution in [0.4, 0.5) is 0 Å². The van der Waals surface area contributed by atoms with Crippen molar-refractivity contribution < 1.29 is 24.2 Å². The summed E-state index contributed by atoms with van der Waals surface area (Å²) in [7, 11) is 0. The van der Waals surface area contributed by atoms with E-state index in [1.807, 2.05) is 49.4 Å². The number of carbonyl (C=O) groups excluding carboxylic acids is 1. The molecule has 172 valence electrons. The van der Waals surface area contributed by atoms with E-state index in [0.29, 0.717) is 17.1 Å². The molecule has 0 bridgehead atoms. The Morgan fingerprint density at radius 3 is 2.48 bits per heavy atom. The van der Waals surface area contributed by atoms with Crippen LogP contribution in [0.15, 0.2) is 60.8 Å². The van der Waals surface area contributed by atoms with Crippen molar-refractivity contribution in [3.63, 3.8) is 0 Å². The van der Waals surface area contributed by atoms with Gasteiger partial charge in [0.1, 0.15) is 17.6 Å². The van der Waals surface area contributed by atoms with E-state index in [4.69, 9.17) is 14.6 Å². The first kappa shape index (κ1) is 24.0. The van der Waals surface area contributed by atoms with Crippen LogP contribution in [0.1, 0.15) is 60.8 Å². The molecule has 0 saturated carbocycles. The number of aliphatic carboxylic acids is 1. The van der Waals surface area contributed by atoms with Crippen molar-refractivity contribution in [2.24, 2.45) is 0 Å². The number of pyridine rings is 1. The number of hydrogen-bond donors (Lipinski definition) is 1. The van der Waals surface area contributed by atoms with Crippen LogP contribution in [0, 0.1) is 6.92 Å². The first-order chi connectivity index (χ1) is 15.9. The van der Waals surface area contributed by atoms with E-state index in [1.54, 1.807) is 25.3 Å². The molecule has 0 fully saturated rings. The van der Waals surface area contributed by atoms with Crippen LogP contribution in [-0.2, 0) is 4.79 Å². The topological polar surface area (TPSA) is 85.7 Å². The van der Waals surface area contributed by atoms with Crippen molar-refractivity contribution in [1.29, 1.82) is 0 Å². The average Bonchev–Trinajstić information content (AvgIpc) is 2.81. The van der Waals surface area contributed by atoms with Gasteiger partial charge in [0.15, 0.2) is 12.4 Å². The van der Waals surface area contributed by atoms with Crippen molar-refractivity contribution >= 4 is 11.8 Å². The van der Waals surface area contributed by atoms with Gasteiger partial charge in [-0.15, -0.1) is 0 Å². The van der Waals surface area contributed by atoms with Gasteiger partial charge in [-0.1, -0.05) is 43.7 Å². The zero-order chi connectivity index (χ0) is 23.8. The Morgan fingerprint density at radius 1 is 1.09 bits per heavy atom. The Kier molecular flexibility index (Phi) is 8.19. The van der Waals surface area contributed by atoms with Gasteiger partial charge in [-0.05, 0) is 62.1 Å². The van der Waals surface area contributed by atoms with Crippen LogP contribution in [0.5, 0.6) is 11.5 Å². The standard InChI is InChI=1S/C27H29NO5/c1-4-5-8-25(33-22-13-14-24(18(2)16-22)32-17-26(30)31)27-23(7-6-15-28-27)21-11-9-20(10-12-21)19(3)29/h6-7,9-16,25H,4-5,8,17H2,1-3H3,(H,30,31)/t25-/m0/s1. The number of ether oxygens (including phenoxy) is 2. The number of benzene rings is 2. The van der Waals surface area contributed by atoms with Crippen molar-refractivity contribution in [3.05, 3.63) is 77.6 Å². The van der Waals surface area contributed by atoms with Crippen molar-refractivity contribution in [2.75, 3.05) is 6.61 Å². The Hall–Kier alpha value is -3.67. The zero-order valence-electron chi connectivity index (χ0n) is 19.2. The molecule has 2 aromatic carbocycles. The summed E-state index contributed by atoms with van der Waals surface area (Å²) in [4.78, 5) is 27.1. The molecule has 0 saturated heterocycles. The maximum atomic E-state index is 11.6. The van der Waals surface area contributed by atoms with Crippen molar-refractivity contribution in [3.8, 4) is 22.6 Å². The highest BCUT2D eigenvalue weighted by Crippen LogP contribution is 2.34. The minimum absolute atomic E-state index is 0.0308. The molecule has 0 spiro atoms. The first-order valence-electron chi connectivity index (χ1n) is 11.1. The summed E-state index contributed by atoms with van der Waals surface area (Å²) in [6, 6.07) is 16.8. The van der Waals surface area contributed by atoms with E-state index in [-0.39, 0.29) is 18.5 Å². The highest BCUT2D eigenvalue weighted by Gasteiger charge is 2.20. The molecule has 33 heavy (non-hydrogen) atoms. The Balaban J connectivity index is 1.90. The molecule has 0 unspecified atom stereocenters. The Labute approximate surface area is 194 Å². The molecule has 0 radical (unpaired) electrons. The average molecular weight is 448 g/mol. The van der Waals surface area contributed by atoms with Gasteiger partial charge in [-0.2, -0.15) is 0 Å². The fourth-order valence-electron chi connectivity index (χ4n) is 3.60. The number of hydrogen-bond acceptors (Lipinski definition) is 5. The molecule has 1 atom stereocenters. The number of aromatic nitrogens is 1. The molecule has 0 amide bonds. The Bertz CT molecular complexity index is 1110. The predicted octanol–water partition coefficient (Wildman–Crippen LogP) is 6.03. The van der Waals surface area contributed by atoms with Crippen LogP contribution in [0.25, 0.3) is 11.1 Å². The summed E-state index contributed by atoms with van der Waals surface area (Å²) in [5, 5.41) is 8.84. The number of nitrogens with zero attached hydrogens (tertiary/aromatic N) is 1. The van der Waals surface area contributed by atoms with Gasteiger partial charge in [0, 0.05) is 17.3 Å². The maximum absolute atomic E-state index is 11.6. The van der Waals surface area contributed by atoms with E-state index in [2.05, 4.69) is 11.9 Å². The van der Waals surface area contributed by atoms with Crippen LogP contribution < -0.4 is 9.47 Å². The molecule has 6 nitrogen and oxygen atoms in total. The monoisotopic (exact) mass is 447 g/mol. The number of carbonyl (C=O) groups is 2. The molecular weight excluding hydrogens is 418 g/mol. The van der Waals surface area contributed by atoms with E-state index in [1.165, 1.54) is 0 Å². The third kappa shape index (κ3) is 6.42. The SMILES string of the molecule is CCCC[C@H](Oc1ccc(OCC(=O)O)c(C)c1)c1ncccc1-c1ccc(C(C)=O)cc1. The molecule has 1 heterocycles. The lowest BCUT2D eigenvalue weighted by molar-refractivity contribution is -0.139. The van der Waals surface area contributed by atoms with E-state index in [9.17, 15) is 9.59 Å². The van der Waals surface area contributed by atoms with Crippen molar-refractivity contribution in [2.45, 2.75) is 46.1 Å². The molecule has 0 aliphatic carbocycles. The van der Waals surface area contributed by atoms with Crippen molar-refractivity contribution in [1.82, 2.24) is 4.98 Å². The van der Waals surface area contributed by atoms with E-state index < -0.39 is 5.97 Å². The molecule has 6 heteroatoms. The quantitative estimate of drug-likeness (QED) is 0.361. The zero-order valence-corrected chi connectivity index (χ0v) is 19.2. The Morgan fingerprint density at radius 2 is 1.85 bits per heavy atom. The van der Waals surface area contributed by atoms with Crippen LogP contribution in [0.3, 0.4) is 0 Å². The number of Topliss-reactive ketones (excluding diaryl/α,β-unsaturated/α-hetero) is 1. The second-order valence-corrected chi connectivity index (χ2v) is 7.93. The van der Waals surface area contributed by atoms with Gasteiger partial charge < -0.3 is 14.6 Å². The number of aryl methyl sites for hydroxylation is 1. The highest BCUT2D eigenvalue weighted by molar-refractivity contribution is 5.94. The second-order valence-electron chi connectivity index (χ2n) is 7.93. The lowest BCUT2D eigenvalue weighted by atomic mass is 9.97. The third-order valence-electron chi connectivity index (χ3n) is 5.34. The van der Waals surface area contributed by atoms with Gasteiger partial charge in [0.25, 0.3) is 0 Å². The van der Waals surface area contributed by atoms with Crippen LogP contribution >= 0.6 is 0 Å². The summed E-state index contributed by atoms with van der Waals surface area (Å²) in [5.41, 5.74) is 4.24. The normalized spacial score (nSPS) is 11.6. The summed E-state index contributed by atoms with van der Waals surface area (Å²) < 4.78 is 11.7. The summed E-state index contributed by atoms with van der Waals surface area (Å²) in [6.45, 7) is 5.16. The second kappa shape index (κ2) is 11.3. The molecule has 3 rings (SSSR count). The van der Waals surface area contributed by atoms with E-state index in [0.717, 1.165) is 41.6 Å². The largest absolute Gasteiger partial charge is 0.484 e. The molecule has 1 N–H and O–H groups in total. The van der Waals surface area contributed by atoms with Gasteiger partial charge in [-0.3, -0.25) is 9.78 Å². The number of carboxylic acids is 1. The first-order valence-corrected chi connectivity index (χ1v) is 11.1. The van der Waals surface area contributed by atoms with Crippen LogP contribution in [-0.4, -0.2) is 28.4 Å². The van der Waals surface area contributed by atoms with Crippen LogP contribution in [0.2, 0.25) is 0 Å². The molecule has 1 aromatic heterocycles. The summed E-state index contributed by atoms with van der Waals surface area (Å²) in [6.07, 6.45) is 4.29. The number of rotatable bonds is 11. The lowest BCUT2D eigenvalue weighted by Gasteiger charge is -2.22. The van der Waals surface area contributed by atoms with Gasteiger partial charge >= 0.3 is 5.97 Å². The van der Waals surface area contributed by atoms with Gasteiger partial charge in [-0.25, -0.2) is 4.79 Å². The van der Waals surface area contributed by atoms with E-state index >= 15 is 0 Å². The summed E-state index contributed by atoms with van der Waals surface area (Å²) >= 11 is 0. The molecule has 3 aromatic rings. The molecule has 0 aliphatic heterocycles.